The molecule has 2 aromatic carbocycles. The molecule has 6 nitrogen and oxygen atoms in total. The Labute approximate surface area is 142 Å². The van der Waals surface area contributed by atoms with Crippen LogP contribution in [0.25, 0.3) is 10.9 Å². The summed E-state index contributed by atoms with van der Waals surface area (Å²) in [5, 5.41) is 0.838. The molecule has 0 bridgehead atoms. The van der Waals surface area contributed by atoms with Gasteiger partial charge < -0.3 is 15.5 Å². The van der Waals surface area contributed by atoms with Gasteiger partial charge in [0.1, 0.15) is 0 Å². The topological polar surface area (TPSA) is 98.1 Å². The average molecular weight is 344 g/mol. The Bertz CT molecular complexity index is 984. The Morgan fingerprint density at radius 1 is 1.29 bits per heavy atom. The molecular weight excluding hydrogens is 330 g/mol. The molecule has 7 heteroatoms. The summed E-state index contributed by atoms with van der Waals surface area (Å²) in [6.45, 7) is 1.63. The molecule has 0 aliphatic carbocycles. The zero-order valence-corrected chi connectivity index (χ0v) is 13.5. The second kappa shape index (κ2) is 6.33. The molecule has 0 saturated heterocycles. The van der Waals surface area contributed by atoms with Crippen LogP contribution in [-0.2, 0) is 4.74 Å². The van der Waals surface area contributed by atoms with Gasteiger partial charge in [0, 0.05) is 0 Å². The Hall–Kier alpha value is -2.86. The van der Waals surface area contributed by atoms with Crippen molar-refractivity contribution in [3.63, 3.8) is 0 Å². The van der Waals surface area contributed by atoms with E-state index in [2.05, 4.69) is 9.97 Å². The van der Waals surface area contributed by atoms with Gasteiger partial charge in [-0.25, -0.2) is 9.78 Å². The summed E-state index contributed by atoms with van der Waals surface area (Å²) in [6, 6.07) is 11.4. The van der Waals surface area contributed by atoms with Gasteiger partial charge in [-0.1, -0.05) is 23.7 Å². The second-order valence-electron chi connectivity index (χ2n) is 5.25. The zero-order chi connectivity index (χ0) is 17.3. The monoisotopic (exact) mass is 343 g/mol. The van der Waals surface area contributed by atoms with Gasteiger partial charge in [-0.3, -0.25) is 4.79 Å². The molecular formula is C17H14ClN3O3. The lowest BCUT2D eigenvalue weighted by atomic mass is 10.2. The number of nitrogens with two attached hydrogens (primary N) is 1. The highest BCUT2D eigenvalue weighted by Gasteiger charge is 2.17. The predicted molar refractivity (Wildman–Crippen MR) is 92.1 cm³/mol. The molecule has 1 atom stereocenters. The number of aromatic amines is 1. The van der Waals surface area contributed by atoms with Crippen molar-refractivity contribution in [2.24, 2.45) is 0 Å². The van der Waals surface area contributed by atoms with E-state index in [-0.39, 0.29) is 22.6 Å². The number of hydrogen-bond donors (Lipinski definition) is 2. The first-order valence-electron chi connectivity index (χ1n) is 7.20. The van der Waals surface area contributed by atoms with Crippen molar-refractivity contribution >= 4 is 34.2 Å². The van der Waals surface area contributed by atoms with Gasteiger partial charge >= 0.3 is 5.97 Å². The van der Waals surface area contributed by atoms with E-state index in [1.165, 1.54) is 18.2 Å². The van der Waals surface area contributed by atoms with Crippen molar-refractivity contribution in [2.75, 3.05) is 5.73 Å². The summed E-state index contributed by atoms with van der Waals surface area (Å²) in [5.41, 5.74) is 6.49. The number of rotatable bonds is 3. The van der Waals surface area contributed by atoms with Crippen LogP contribution in [0, 0.1) is 0 Å². The van der Waals surface area contributed by atoms with Gasteiger partial charge in [-0.2, -0.15) is 0 Å². The van der Waals surface area contributed by atoms with E-state index in [4.69, 9.17) is 22.1 Å². The molecule has 0 unspecified atom stereocenters. The molecule has 0 fully saturated rings. The van der Waals surface area contributed by atoms with Crippen molar-refractivity contribution < 1.29 is 9.53 Å². The number of para-hydroxylation sites is 1. The molecule has 3 rings (SSSR count). The summed E-state index contributed by atoms with van der Waals surface area (Å²) >= 11 is 5.83. The van der Waals surface area contributed by atoms with Gasteiger partial charge in [-0.15, -0.1) is 0 Å². The number of halogens is 1. The molecule has 1 heterocycles. The highest BCUT2D eigenvalue weighted by molar-refractivity contribution is 6.33. The Balaban J connectivity index is 1.86. The standard InChI is InChI=1S/C17H14ClN3O3/c1-9(24-17(23)10-6-7-12(18)13(19)8-10)15-20-14-5-3-2-4-11(14)16(22)21-15/h2-9H,19H2,1H3,(H,20,21,22)/t9-/m0/s1. The highest BCUT2D eigenvalue weighted by atomic mass is 35.5. The Morgan fingerprint density at radius 3 is 2.79 bits per heavy atom. The molecule has 3 aromatic rings. The lowest BCUT2D eigenvalue weighted by Crippen LogP contribution is -2.17. The fourth-order valence-corrected chi connectivity index (χ4v) is 2.37. The van der Waals surface area contributed by atoms with E-state index in [1.807, 2.05) is 0 Å². The molecule has 0 aliphatic heterocycles. The summed E-state index contributed by atoms with van der Waals surface area (Å²) in [5.74, 6) is -0.310. The largest absolute Gasteiger partial charge is 0.451 e. The SMILES string of the molecule is C[C@H](OC(=O)c1ccc(Cl)c(N)c1)c1nc2ccccc2c(=O)[nH]1. The number of aromatic nitrogens is 2. The number of esters is 1. The van der Waals surface area contributed by atoms with Crippen LogP contribution in [0.15, 0.2) is 47.3 Å². The number of benzene rings is 2. The number of hydrogen-bond acceptors (Lipinski definition) is 5. The quantitative estimate of drug-likeness (QED) is 0.562. The van der Waals surface area contributed by atoms with Crippen LogP contribution in [0.3, 0.4) is 0 Å². The van der Waals surface area contributed by atoms with Gasteiger partial charge in [0.25, 0.3) is 5.56 Å². The Kier molecular flexibility index (Phi) is 4.22. The number of anilines is 1. The van der Waals surface area contributed by atoms with Crippen molar-refractivity contribution in [2.45, 2.75) is 13.0 Å². The average Bonchev–Trinajstić information content (AvgIpc) is 2.57. The highest BCUT2D eigenvalue weighted by Crippen LogP contribution is 2.22. The van der Waals surface area contributed by atoms with Gasteiger partial charge in [-0.05, 0) is 37.3 Å². The fourth-order valence-electron chi connectivity index (χ4n) is 2.25. The van der Waals surface area contributed by atoms with E-state index in [0.29, 0.717) is 15.9 Å². The van der Waals surface area contributed by atoms with E-state index in [0.717, 1.165) is 0 Å². The fraction of sp³-hybridized carbons (Fsp3) is 0.118. The lowest BCUT2D eigenvalue weighted by Gasteiger charge is -2.13. The third-order valence-electron chi connectivity index (χ3n) is 3.53. The first-order chi connectivity index (χ1) is 11.5. The van der Waals surface area contributed by atoms with E-state index in [1.54, 1.807) is 31.2 Å². The maximum atomic E-state index is 12.2. The van der Waals surface area contributed by atoms with Crippen LogP contribution in [0.5, 0.6) is 0 Å². The van der Waals surface area contributed by atoms with Crippen LogP contribution in [0.4, 0.5) is 5.69 Å². The number of nitrogens with one attached hydrogen (secondary N) is 1. The Morgan fingerprint density at radius 2 is 2.04 bits per heavy atom. The smallest absolute Gasteiger partial charge is 0.338 e. The van der Waals surface area contributed by atoms with Crippen LogP contribution in [-0.4, -0.2) is 15.9 Å². The van der Waals surface area contributed by atoms with Crippen LogP contribution in [0.2, 0.25) is 5.02 Å². The minimum atomic E-state index is -0.730. The van der Waals surface area contributed by atoms with Gasteiger partial charge in [0.15, 0.2) is 11.9 Å². The lowest BCUT2D eigenvalue weighted by molar-refractivity contribution is 0.0320. The van der Waals surface area contributed by atoms with Crippen LogP contribution >= 0.6 is 11.6 Å². The van der Waals surface area contributed by atoms with Crippen molar-refractivity contribution in [3.8, 4) is 0 Å². The number of carbonyl (C=O) groups is 1. The summed E-state index contributed by atoms with van der Waals surface area (Å²) < 4.78 is 5.35. The normalized spacial score (nSPS) is 12.1. The second-order valence-corrected chi connectivity index (χ2v) is 5.66. The van der Waals surface area contributed by atoms with Crippen molar-refractivity contribution in [3.05, 3.63) is 69.2 Å². The maximum Gasteiger partial charge on any atom is 0.338 e. The van der Waals surface area contributed by atoms with Gasteiger partial charge in [0.2, 0.25) is 0 Å². The van der Waals surface area contributed by atoms with E-state index in [9.17, 15) is 9.59 Å². The number of fused-ring (bicyclic) bond motifs is 1. The third kappa shape index (κ3) is 3.09. The number of ether oxygens (including phenoxy) is 1. The summed E-state index contributed by atoms with van der Waals surface area (Å²) in [6.07, 6.45) is -0.730. The molecule has 1 aromatic heterocycles. The molecule has 0 radical (unpaired) electrons. The maximum absolute atomic E-state index is 12.2. The summed E-state index contributed by atoms with van der Waals surface area (Å²) in [4.78, 5) is 31.2. The molecule has 0 aliphatic rings. The first-order valence-corrected chi connectivity index (χ1v) is 7.58. The zero-order valence-electron chi connectivity index (χ0n) is 12.7. The molecule has 3 N–H and O–H groups in total. The minimum Gasteiger partial charge on any atom is -0.451 e. The first kappa shape index (κ1) is 16.0. The van der Waals surface area contributed by atoms with E-state index >= 15 is 0 Å². The van der Waals surface area contributed by atoms with E-state index < -0.39 is 12.1 Å². The minimum absolute atomic E-state index is 0.270. The van der Waals surface area contributed by atoms with Gasteiger partial charge in [0.05, 0.1) is 27.2 Å². The van der Waals surface area contributed by atoms with Crippen LogP contribution < -0.4 is 11.3 Å². The molecule has 0 amide bonds. The number of carbonyl (C=O) groups excluding carboxylic acids is 1. The molecule has 122 valence electrons. The number of nitrogens with zero attached hydrogens (tertiary/aromatic N) is 1. The number of H-pyrrole nitrogens is 1. The third-order valence-corrected chi connectivity index (χ3v) is 3.88. The summed E-state index contributed by atoms with van der Waals surface area (Å²) in [7, 11) is 0. The van der Waals surface area contributed by atoms with Crippen molar-refractivity contribution in [1.29, 1.82) is 0 Å². The predicted octanol–water partition coefficient (Wildman–Crippen LogP) is 3.08. The molecule has 0 saturated carbocycles. The van der Waals surface area contributed by atoms with Crippen molar-refractivity contribution in [1.82, 2.24) is 9.97 Å². The molecule has 24 heavy (non-hydrogen) atoms. The number of nitrogen functional groups attached to an aromatic ring is 1. The van der Waals surface area contributed by atoms with Crippen LogP contribution in [0.1, 0.15) is 29.2 Å². The molecule has 0 spiro atoms.